The van der Waals surface area contributed by atoms with Crippen molar-refractivity contribution in [3.63, 3.8) is 0 Å². The van der Waals surface area contributed by atoms with Gasteiger partial charge in [-0.3, -0.25) is 0 Å². The van der Waals surface area contributed by atoms with E-state index in [2.05, 4.69) is 9.73 Å². The second kappa shape index (κ2) is 5.76. The van der Waals surface area contributed by atoms with Crippen LogP contribution in [0, 0.1) is 5.41 Å². The molecule has 6 heteroatoms. The van der Waals surface area contributed by atoms with Crippen molar-refractivity contribution in [2.75, 3.05) is 6.61 Å². The molecule has 0 radical (unpaired) electrons. The summed E-state index contributed by atoms with van der Waals surface area (Å²) in [6.07, 6.45) is 1.91. The lowest BCUT2D eigenvalue weighted by molar-refractivity contribution is -0.137. The predicted octanol–water partition coefficient (Wildman–Crippen LogP) is -0.644. The quantitative estimate of drug-likeness (QED) is 0.233. The van der Waals surface area contributed by atoms with Crippen molar-refractivity contribution >= 4 is 18.1 Å². The lowest BCUT2D eigenvalue weighted by Crippen LogP contribution is -2.22. The van der Waals surface area contributed by atoms with Crippen LogP contribution in [0.15, 0.2) is 16.8 Å². The van der Waals surface area contributed by atoms with E-state index in [9.17, 15) is 4.79 Å². The van der Waals surface area contributed by atoms with Crippen LogP contribution in [-0.4, -0.2) is 24.8 Å². The summed E-state index contributed by atoms with van der Waals surface area (Å²) in [6.45, 7) is 1.91. The number of aliphatic imine (C=N–C) groups is 1. The molecule has 0 bridgehead atoms. The number of nitrogens with zero attached hydrogens (tertiary/aromatic N) is 1. The minimum atomic E-state index is -0.623. The van der Waals surface area contributed by atoms with Crippen LogP contribution in [0.3, 0.4) is 0 Å². The predicted molar refractivity (Wildman–Crippen MR) is 49.3 cm³/mol. The molecule has 6 nitrogen and oxygen atoms in total. The van der Waals surface area contributed by atoms with E-state index in [1.165, 1.54) is 0 Å². The number of carbonyl (C=O) groups excluding carboxylic acids is 1. The minimum Gasteiger partial charge on any atom is -0.462 e. The van der Waals surface area contributed by atoms with E-state index in [0.29, 0.717) is 0 Å². The molecular weight excluding hydrogens is 172 g/mol. The molecule has 0 unspecified atom stereocenters. The molecule has 0 aromatic heterocycles. The highest BCUT2D eigenvalue weighted by molar-refractivity contribution is 6.08. The van der Waals surface area contributed by atoms with Crippen molar-refractivity contribution in [1.29, 1.82) is 5.41 Å². The number of hydrogen-bond acceptors (Lipinski definition) is 4. The van der Waals surface area contributed by atoms with Crippen molar-refractivity contribution in [1.82, 2.24) is 0 Å². The maximum atomic E-state index is 11.0. The Hall–Kier alpha value is -1.85. The second-order valence-electron chi connectivity index (χ2n) is 2.00. The lowest BCUT2D eigenvalue weighted by atomic mass is 10.3. The Kier molecular flexibility index (Phi) is 4.94. The van der Waals surface area contributed by atoms with Gasteiger partial charge in [0.1, 0.15) is 0 Å². The topological polar surface area (TPSA) is 115 Å². The molecule has 0 aliphatic carbocycles. The number of rotatable bonds is 4. The zero-order chi connectivity index (χ0) is 10.3. The third kappa shape index (κ3) is 4.57. The fourth-order valence-electron chi connectivity index (χ4n) is 0.507. The highest BCUT2D eigenvalue weighted by Gasteiger charge is 2.06. The van der Waals surface area contributed by atoms with Gasteiger partial charge in [-0.2, -0.15) is 0 Å². The Balaban J connectivity index is 4.50. The first-order valence-corrected chi connectivity index (χ1v) is 3.58. The summed E-state index contributed by atoms with van der Waals surface area (Å²) in [7, 11) is 0. The van der Waals surface area contributed by atoms with Crippen LogP contribution >= 0.6 is 0 Å². The second-order valence-corrected chi connectivity index (χ2v) is 2.00. The molecule has 0 spiro atoms. The maximum Gasteiger partial charge on any atom is 0.341 e. The fraction of sp³-hybridized carbons (Fsp3) is 0.286. The maximum absolute atomic E-state index is 11.0. The van der Waals surface area contributed by atoms with Crippen LogP contribution < -0.4 is 11.5 Å². The number of guanidine groups is 1. The smallest absolute Gasteiger partial charge is 0.341 e. The Labute approximate surface area is 75.8 Å². The molecule has 13 heavy (non-hydrogen) atoms. The van der Waals surface area contributed by atoms with Crippen molar-refractivity contribution in [3.05, 3.63) is 11.8 Å². The van der Waals surface area contributed by atoms with Crippen molar-refractivity contribution in [3.8, 4) is 0 Å². The van der Waals surface area contributed by atoms with Gasteiger partial charge in [0.05, 0.1) is 12.2 Å². The van der Waals surface area contributed by atoms with Gasteiger partial charge in [0, 0.05) is 12.4 Å². The molecule has 72 valence electrons. The molecule has 0 aromatic carbocycles. The number of ether oxygens (including phenoxy) is 1. The first kappa shape index (κ1) is 11.2. The number of nitrogens with two attached hydrogens (primary N) is 2. The Morgan fingerprint density at radius 2 is 2.23 bits per heavy atom. The van der Waals surface area contributed by atoms with E-state index in [-0.39, 0.29) is 18.1 Å². The Morgan fingerprint density at radius 1 is 1.62 bits per heavy atom. The summed E-state index contributed by atoms with van der Waals surface area (Å²) >= 11 is 0. The average Bonchev–Trinajstić information content (AvgIpc) is 2.05. The summed E-state index contributed by atoms with van der Waals surface area (Å²) in [5, 5.41) is 6.87. The summed E-state index contributed by atoms with van der Waals surface area (Å²) in [5.41, 5.74) is 10.0. The van der Waals surface area contributed by atoms with E-state index in [1.807, 2.05) is 0 Å². The van der Waals surface area contributed by atoms with Gasteiger partial charge in [-0.15, -0.1) is 0 Å². The zero-order valence-corrected chi connectivity index (χ0v) is 7.28. The van der Waals surface area contributed by atoms with Crippen LogP contribution in [0.5, 0.6) is 0 Å². The monoisotopic (exact) mass is 184 g/mol. The summed E-state index contributed by atoms with van der Waals surface area (Å²) in [6, 6.07) is 0. The number of carbonyl (C=O) groups is 1. The highest BCUT2D eigenvalue weighted by Crippen LogP contribution is 1.94. The van der Waals surface area contributed by atoms with E-state index < -0.39 is 5.97 Å². The average molecular weight is 184 g/mol. The molecule has 0 saturated carbocycles. The van der Waals surface area contributed by atoms with Gasteiger partial charge in [-0.1, -0.05) is 0 Å². The van der Waals surface area contributed by atoms with Crippen LogP contribution in [0.25, 0.3) is 0 Å². The van der Waals surface area contributed by atoms with Gasteiger partial charge < -0.3 is 21.6 Å². The Morgan fingerprint density at radius 3 is 2.62 bits per heavy atom. The van der Waals surface area contributed by atoms with Gasteiger partial charge in [-0.25, -0.2) is 9.79 Å². The number of hydrogen-bond donors (Lipinski definition) is 3. The lowest BCUT2D eigenvalue weighted by Gasteiger charge is -1.99. The van der Waals surface area contributed by atoms with Crippen molar-refractivity contribution in [2.45, 2.75) is 6.92 Å². The first-order valence-electron chi connectivity index (χ1n) is 3.58. The molecule has 0 aliphatic rings. The number of esters is 1. The SMILES string of the molecule is CCOC(=O)/C(C=N)=C/N=C(N)N. The summed E-state index contributed by atoms with van der Waals surface area (Å²) in [5.74, 6) is -0.800. The summed E-state index contributed by atoms with van der Waals surface area (Å²) in [4.78, 5) is 14.5. The van der Waals surface area contributed by atoms with E-state index in [0.717, 1.165) is 12.4 Å². The zero-order valence-electron chi connectivity index (χ0n) is 7.28. The molecule has 0 aliphatic heterocycles. The molecule has 5 N–H and O–H groups in total. The van der Waals surface area contributed by atoms with Gasteiger partial charge in [0.15, 0.2) is 5.96 Å². The molecular formula is C7H12N4O2. The normalized spacial score (nSPS) is 10.4. The third-order valence-corrected chi connectivity index (χ3v) is 1.02. The standard InChI is InChI=1S/C7H12N4O2/c1-2-13-6(12)5(3-8)4-11-7(9)10/h3-4,8H,2H2,1H3,(H4,9,10,11)/b5-4+,8-3?. The van der Waals surface area contributed by atoms with E-state index in [1.54, 1.807) is 6.92 Å². The molecule has 0 amide bonds. The fourth-order valence-corrected chi connectivity index (χ4v) is 0.507. The van der Waals surface area contributed by atoms with E-state index >= 15 is 0 Å². The van der Waals surface area contributed by atoms with Crippen LogP contribution in [-0.2, 0) is 9.53 Å². The van der Waals surface area contributed by atoms with E-state index in [4.69, 9.17) is 16.9 Å². The van der Waals surface area contributed by atoms with Gasteiger partial charge >= 0.3 is 5.97 Å². The third-order valence-electron chi connectivity index (χ3n) is 1.02. The van der Waals surface area contributed by atoms with Gasteiger partial charge in [0.25, 0.3) is 0 Å². The molecule has 0 fully saturated rings. The van der Waals surface area contributed by atoms with Gasteiger partial charge in [-0.05, 0) is 6.92 Å². The van der Waals surface area contributed by atoms with Crippen LogP contribution in [0.4, 0.5) is 0 Å². The largest absolute Gasteiger partial charge is 0.462 e. The van der Waals surface area contributed by atoms with Crippen molar-refractivity contribution in [2.24, 2.45) is 16.5 Å². The Bertz CT molecular complexity index is 253. The van der Waals surface area contributed by atoms with Crippen LogP contribution in [0.1, 0.15) is 6.92 Å². The molecule has 0 saturated heterocycles. The minimum absolute atomic E-state index is 0.00440. The van der Waals surface area contributed by atoms with Gasteiger partial charge in [0.2, 0.25) is 0 Å². The molecule has 0 aromatic rings. The van der Waals surface area contributed by atoms with Crippen molar-refractivity contribution < 1.29 is 9.53 Å². The number of nitrogens with one attached hydrogen (secondary N) is 1. The molecule has 0 rings (SSSR count). The highest BCUT2D eigenvalue weighted by atomic mass is 16.5. The van der Waals surface area contributed by atoms with Crippen LogP contribution in [0.2, 0.25) is 0 Å². The first-order chi connectivity index (χ1) is 6.11. The molecule has 0 atom stereocenters. The summed E-state index contributed by atoms with van der Waals surface area (Å²) < 4.78 is 4.62. The molecule has 0 heterocycles.